The Hall–Kier alpha value is -1.33. The normalized spacial score (nSPS) is 18.9. The average molecular weight is 239 g/mol. The van der Waals surface area contributed by atoms with E-state index in [0.717, 1.165) is 0 Å². The predicted molar refractivity (Wildman–Crippen MR) is 60.8 cm³/mol. The van der Waals surface area contributed by atoms with Crippen molar-refractivity contribution in [2.45, 2.75) is 25.3 Å². The highest BCUT2D eigenvalue weighted by Gasteiger charge is 2.34. The summed E-state index contributed by atoms with van der Waals surface area (Å²) in [5.41, 5.74) is -0.573. The zero-order valence-corrected chi connectivity index (χ0v) is 9.86. The fourth-order valence-electron chi connectivity index (χ4n) is 1.94. The van der Waals surface area contributed by atoms with Crippen molar-refractivity contribution in [3.63, 3.8) is 0 Å². The van der Waals surface area contributed by atoms with Crippen molar-refractivity contribution in [2.24, 2.45) is 0 Å². The van der Waals surface area contributed by atoms with Crippen LogP contribution in [0.4, 0.5) is 0 Å². The number of carbonyl (C=O) groups is 1. The van der Waals surface area contributed by atoms with E-state index in [1.54, 1.807) is 19.1 Å². The van der Waals surface area contributed by atoms with E-state index in [2.05, 4.69) is 5.32 Å². The zero-order chi connectivity index (χ0) is 12.3. The topological polar surface area (TPSA) is 71.7 Å². The second-order valence-electron chi connectivity index (χ2n) is 4.42. The van der Waals surface area contributed by atoms with Crippen LogP contribution in [0.5, 0.6) is 0 Å². The number of aryl methyl sites for hydroxylation is 1. The van der Waals surface area contributed by atoms with Crippen LogP contribution in [0.2, 0.25) is 0 Å². The van der Waals surface area contributed by atoms with Gasteiger partial charge in [-0.15, -0.1) is 0 Å². The average Bonchev–Trinajstić information content (AvgIpc) is 2.77. The van der Waals surface area contributed by atoms with E-state index in [1.807, 2.05) is 0 Å². The largest absolute Gasteiger partial charge is 0.456 e. The van der Waals surface area contributed by atoms with Crippen LogP contribution in [0.3, 0.4) is 0 Å². The van der Waals surface area contributed by atoms with Gasteiger partial charge in [0.1, 0.15) is 5.76 Å². The Balaban J connectivity index is 2.05. The van der Waals surface area contributed by atoms with Gasteiger partial charge in [0.15, 0.2) is 5.76 Å². The van der Waals surface area contributed by atoms with Gasteiger partial charge in [0.2, 0.25) is 0 Å². The molecule has 1 aliphatic heterocycles. The van der Waals surface area contributed by atoms with Crippen LogP contribution in [0.15, 0.2) is 16.5 Å². The number of carbonyl (C=O) groups excluding carboxylic acids is 1. The van der Waals surface area contributed by atoms with E-state index in [-0.39, 0.29) is 18.3 Å². The molecule has 2 rings (SSSR count). The number of rotatable bonds is 3. The third-order valence-electron chi connectivity index (χ3n) is 3.10. The third-order valence-corrected chi connectivity index (χ3v) is 3.10. The maximum absolute atomic E-state index is 11.9. The van der Waals surface area contributed by atoms with Crippen molar-refractivity contribution in [3.05, 3.63) is 23.7 Å². The van der Waals surface area contributed by atoms with Crippen molar-refractivity contribution in [2.75, 3.05) is 19.8 Å². The van der Waals surface area contributed by atoms with Crippen molar-refractivity contribution in [3.8, 4) is 0 Å². The number of aliphatic hydroxyl groups is 1. The van der Waals surface area contributed by atoms with Crippen LogP contribution in [0.1, 0.15) is 29.2 Å². The smallest absolute Gasteiger partial charge is 0.287 e. The van der Waals surface area contributed by atoms with Gasteiger partial charge in [0.25, 0.3) is 5.91 Å². The van der Waals surface area contributed by atoms with Gasteiger partial charge < -0.3 is 19.6 Å². The molecule has 0 unspecified atom stereocenters. The highest BCUT2D eigenvalue weighted by molar-refractivity contribution is 5.92. The van der Waals surface area contributed by atoms with Crippen LogP contribution in [0.25, 0.3) is 0 Å². The molecule has 0 spiro atoms. The number of hydrogen-bond donors (Lipinski definition) is 2. The number of aliphatic hydroxyl groups excluding tert-OH is 1. The van der Waals surface area contributed by atoms with Gasteiger partial charge in [-0.3, -0.25) is 4.79 Å². The molecular formula is C12H17NO4. The first-order valence-corrected chi connectivity index (χ1v) is 5.73. The zero-order valence-electron chi connectivity index (χ0n) is 9.86. The molecule has 1 amide bonds. The van der Waals surface area contributed by atoms with Gasteiger partial charge in [-0.2, -0.15) is 0 Å². The van der Waals surface area contributed by atoms with Gasteiger partial charge in [0, 0.05) is 13.2 Å². The Morgan fingerprint density at radius 3 is 2.71 bits per heavy atom. The summed E-state index contributed by atoms with van der Waals surface area (Å²) in [5, 5.41) is 12.3. The first-order valence-electron chi connectivity index (χ1n) is 5.73. The Labute approximate surface area is 99.8 Å². The molecule has 0 bridgehead atoms. The van der Waals surface area contributed by atoms with E-state index >= 15 is 0 Å². The van der Waals surface area contributed by atoms with E-state index in [9.17, 15) is 9.90 Å². The number of nitrogens with one attached hydrogen (secondary N) is 1. The lowest BCUT2D eigenvalue weighted by Crippen LogP contribution is -2.54. The van der Waals surface area contributed by atoms with Crippen molar-refractivity contribution in [1.82, 2.24) is 5.32 Å². The lowest BCUT2D eigenvalue weighted by atomic mass is 9.91. The fraction of sp³-hybridized carbons (Fsp3) is 0.583. The van der Waals surface area contributed by atoms with E-state index < -0.39 is 5.54 Å². The molecule has 0 radical (unpaired) electrons. The fourth-order valence-corrected chi connectivity index (χ4v) is 1.94. The Morgan fingerprint density at radius 2 is 2.18 bits per heavy atom. The van der Waals surface area contributed by atoms with Crippen LogP contribution in [0, 0.1) is 6.92 Å². The van der Waals surface area contributed by atoms with Gasteiger partial charge in [0.05, 0.1) is 12.1 Å². The van der Waals surface area contributed by atoms with Gasteiger partial charge in [-0.25, -0.2) is 0 Å². The van der Waals surface area contributed by atoms with Crippen molar-refractivity contribution >= 4 is 5.91 Å². The van der Waals surface area contributed by atoms with E-state index in [0.29, 0.717) is 31.8 Å². The minimum Gasteiger partial charge on any atom is -0.456 e. The highest BCUT2D eigenvalue weighted by Crippen LogP contribution is 2.21. The van der Waals surface area contributed by atoms with Gasteiger partial charge in [-0.05, 0) is 31.9 Å². The van der Waals surface area contributed by atoms with Gasteiger partial charge >= 0.3 is 0 Å². The molecule has 2 N–H and O–H groups in total. The van der Waals surface area contributed by atoms with Crippen molar-refractivity contribution < 1.29 is 19.1 Å². The molecule has 0 atom stereocenters. The maximum Gasteiger partial charge on any atom is 0.287 e. The molecule has 5 heteroatoms. The Bertz CT molecular complexity index is 393. The number of ether oxygens (including phenoxy) is 1. The Morgan fingerprint density at radius 1 is 1.47 bits per heavy atom. The maximum atomic E-state index is 11.9. The first-order chi connectivity index (χ1) is 8.15. The van der Waals surface area contributed by atoms with Crippen LogP contribution < -0.4 is 5.32 Å². The standard InChI is InChI=1S/C12H17NO4/c1-9-2-3-10(17-9)11(15)13-12(8-14)4-6-16-7-5-12/h2-3,14H,4-8H2,1H3,(H,13,15). The minimum atomic E-state index is -0.573. The summed E-state index contributed by atoms with van der Waals surface area (Å²) < 4.78 is 10.5. The van der Waals surface area contributed by atoms with Crippen LogP contribution in [-0.2, 0) is 4.74 Å². The lowest BCUT2D eigenvalue weighted by molar-refractivity contribution is 0.0119. The molecule has 5 nitrogen and oxygen atoms in total. The second-order valence-corrected chi connectivity index (χ2v) is 4.42. The second kappa shape index (κ2) is 4.89. The van der Waals surface area contributed by atoms with Gasteiger partial charge in [-0.1, -0.05) is 0 Å². The van der Waals surface area contributed by atoms with E-state index in [4.69, 9.17) is 9.15 Å². The molecule has 17 heavy (non-hydrogen) atoms. The summed E-state index contributed by atoms with van der Waals surface area (Å²) in [4.78, 5) is 11.9. The molecular weight excluding hydrogens is 222 g/mol. The molecule has 2 heterocycles. The number of furan rings is 1. The Kier molecular flexibility index (Phi) is 3.49. The summed E-state index contributed by atoms with van der Waals surface area (Å²) in [5.74, 6) is 0.691. The highest BCUT2D eigenvalue weighted by atomic mass is 16.5. The SMILES string of the molecule is Cc1ccc(C(=O)NC2(CO)CCOCC2)o1. The molecule has 0 aliphatic carbocycles. The lowest BCUT2D eigenvalue weighted by Gasteiger charge is -2.35. The summed E-state index contributed by atoms with van der Waals surface area (Å²) in [7, 11) is 0. The molecule has 1 saturated heterocycles. The molecule has 94 valence electrons. The van der Waals surface area contributed by atoms with Crippen LogP contribution >= 0.6 is 0 Å². The monoisotopic (exact) mass is 239 g/mol. The summed E-state index contributed by atoms with van der Waals surface area (Å²) in [6.07, 6.45) is 1.24. The molecule has 1 aromatic rings. The molecule has 0 saturated carbocycles. The molecule has 1 fully saturated rings. The number of hydrogen-bond acceptors (Lipinski definition) is 4. The quantitative estimate of drug-likeness (QED) is 0.820. The predicted octanol–water partition coefficient (Wildman–Crippen LogP) is 0.859. The summed E-state index contributed by atoms with van der Waals surface area (Å²) >= 11 is 0. The minimum absolute atomic E-state index is 0.0816. The van der Waals surface area contributed by atoms with Crippen molar-refractivity contribution in [1.29, 1.82) is 0 Å². The summed E-state index contributed by atoms with van der Waals surface area (Å²) in [6, 6.07) is 3.37. The third kappa shape index (κ3) is 2.68. The van der Waals surface area contributed by atoms with Crippen LogP contribution in [-0.4, -0.2) is 36.4 Å². The summed E-state index contributed by atoms with van der Waals surface area (Å²) in [6.45, 7) is 2.81. The number of amides is 1. The first kappa shape index (κ1) is 12.1. The molecule has 1 aliphatic rings. The molecule has 1 aromatic heterocycles. The molecule has 0 aromatic carbocycles. The van der Waals surface area contributed by atoms with E-state index in [1.165, 1.54) is 0 Å².